The molecule has 0 unspecified atom stereocenters. The van der Waals surface area contributed by atoms with Crippen LogP contribution in [-0.2, 0) is 0 Å². The molecule has 0 bridgehead atoms. The molecule has 1 aromatic rings. The quantitative estimate of drug-likeness (QED) is 0.555. The monoisotopic (exact) mass is 182 g/mol. The molecule has 0 amide bonds. The Balaban J connectivity index is 2.96. The number of amidine groups is 1. The smallest absolute Gasteiger partial charge is 0.0994 e. The summed E-state index contributed by atoms with van der Waals surface area (Å²) in [6, 6.07) is 7.38. The molecule has 2 nitrogen and oxygen atoms in total. The van der Waals surface area contributed by atoms with Crippen molar-refractivity contribution in [2.24, 2.45) is 10.7 Å². The van der Waals surface area contributed by atoms with Gasteiger partial charge in [0.25, 0.3) is 0 Å². The van der Waals surface area contributed by atoms with E-state index in [1.165, 1.54) is 0 Å². The van der Waals surface area contributed by atoms with E-state index in [-0.39, 0.29) is 0 Å². The van der Waals surface area contributed by atoms with Gasteiger partial charge in [0.05, 0.1) is 16.5 Å². The minimum Gasteiger partial charge on any atom is -0.387 e. The molecule has 2 N–H and O–H groups in total. The Hall–Kier alpha value is -1.02. The Morgan fingerprint density at radius 3 is 2.75 bits per heavy atom. The van der Waals surface area contributed by atoms with E-state index in [1.54, 1.807) is 6.07 Å². The molecule has 0 spiro atoms. The molecule has 3 heteroatoms. The fourth-order valence-corrected chi connectivity index (χ4v) is 0.954. The van der Waals surface area contributed by atoms with E-state index in [0.29, 0.717) is 10.9 Å². The van der Waals surface area contributed by atoms with Gasteiger partial charge in [-0.15, -0.1) is 0 Å². The topological polar surface area (TPSA) is 38.4 Å². The van der Waals surface area contributed by atoms with Crippen LogP contribution in [0, 0.1) is 0 Å². The lowest BCUT2D eigenvalue weighted by Gasteiger charge is -1.98. The van der Waals surface area contributed by atoms with Crippen molar-refractivity contribution >= 4 is 23.1 Å². The summed E-state index contributed by atoms with van der Waals surface area (Å²) in [4.78, 5) is 4.14. The molecule has 0 heterocycles. The lowest BCUT2D eigenvalue weighted by molar-refractivity contribution is 1.24. The number of benzene rings is 1. The van der Waals surface area contributed by atoms with Crippen molar-refractivity contribution in [3.05, 3.63) is 29.3 Å². The summed E-state index contributed by atoms with van der Waals surface area (Å²) in [7, 11) is 0. The molecule has 64 valence electrons. The minimum absolute atomic E-state index is 0.600. The normalized spacial score (nSPS) is 11.7. The molecular weight excluding hydrogens is 172 g/mol. The molecule has 0 saturated carbocycles. The Morgan fingerprint density at radius 2 is 2.17 bits per heavy atom. The van der Waals surface area contributed by atoms with Crippen molar-refractivity contribution in [3.63, 3.8) is 0 Å². The number of nitrogens with two attached hydrogens (primary N) is 1. The first-order chi connectivity index (χ1) is 5.74. The first-order valence-electron chi connectivity index (χ1n) is 3.81. The molecule has 0 radical (unpaired) electrons. The summed E-state index contributed by atoms with van der Waals surface area (Å²) >= 11 is 5.86. The molecule has 0 aliphatic carbocycles. The van der Waals surface area contributed by atoms with Crippen LogP contribution < -0.4 is 5.73 Å². The Morgan fingerprint density at radius 1 is 1.50 bits per heavy atom. The third-order valence-electron chi connectivity index (χ3n) is 1.48. The predicted octanol–water partition coefficient (Wildman–Crippen LogP) is 2.74. The van der Waals surface area contributed by atoms with Crippen molar-refractivity contribution in [3.8, 4) is 0 Å². The fourth-order valence-electron chi connectivity index (χ4n) is 0.776. The number of aliphatic imine (C=N–C) groups is 1. The zero-order chi connectivity index (χ0) is 8.97. The summed E-state index contributed by atoms with van der Waals surface area (Å²) in [5.74, 6) is 0.600. The zero-order valence-electron chi connectivity index (χ0n) is 6.92. The van der Waals surface area contributed by atoms with Gasteiger partial charge < -0.3 is 5.73 Å². The van der Waals surface area contributed by atoms with Crippen molar-refractivity contribution in [2.75, 3.05) is 0 Å². The first-order valence-corrected chi connectivity index (χ1v) is 4.19. The van der Waals surface area contributed by atoms with Gasteiger partial charge in [0.15, 0.2) is 0 Å². The number of nitrogens with zero attached hydrogens (tertiary/aromatic N) is 1. The van der Waals surface area contributed by atoms with Gasteiger partial charge in [0.2, 0.25) is 0 Å². The third-order valence-corrected chi connectivity index (χ3v) is 1.80. The molecule has 12 heavy (non-hydrogen) atoms. The standard InChI is InChI=1S/C9H11ClN2/c1-2-9(11)12-8-6-4-3-5-7(8)10/h3-6H,2H2,1H3,(H2,11,12). The maximum absolute atomic E-state index is 5.86. The summed E-state index contributed by atoms with van der Waals surface area (Å²) < 4.78 is 0. The number of halogens is 1. The van der Waals surface area contributed by atoms with Crippen molar-refractivity contribution in [2.45, 2.75) is 13.3 Å². The van der Waals surface area contributed by atoms with E-state index >= 15 is 0 Å². The van der Waals surface area contributed by atoms with Crippen LogP contribution in [0.5, 0.6) is 0 Å². The zero-order valence-corrected chi connectivity index (χ0v) is 7.67. The van der Waals surface area contributed by atoms with Crippen LogP contribution in [0.2, 0.25) is 5.02 Å². The number of rotatable bonds is 2. The van der Waals surface area contributed by atoms with E-state index < -0.39 is 0 Å². The fraction of sp³-hybridized carbons (Fsp3) is 0.222. The van der Waals surface area contributed by atoms with Crippen molar-refractivity contribution in [1.82, 2.24) is 0 Å². The van der Waals surface area contributed by atoms with Gasteiger partial charge in [-0.3, -0.25) is 0 Å². The van der Waals surface area contributed by atoms with Crippen molar-refractivity contribution in [1.29, 1.82) is 0 Å². The molecular formula is C9H11ClN2. The van der Waals surface area contributed by atoms with Gasteiger partial charge in [0, 0.05) is 6.42 Å². The van der Waals surface area contributed by atoms with Crippen LogP contribution in [0.25, 0.3) is 0 Å². The summed E-state index contributed by atoms with van der Waals surface area (Å²) in [6.45, 7) is 1.95. The average Bonchev–Trinajstić information content (AvgIpc) is 2.09. The van der Waals surface area contributed by atoms with Gasteiger partial charge in [-0.05, 0) is 12.1 Å². The first kappa shape index (κ1) is 9.07. The molecule has 1 rings (SSSR count). The molecule has 0 aliphatic heterocycles. The second-order valence-corrected chi connectivity index (χ2v) is 2.82. The maximum atomic E-state index is 5.86. The summed E-state index contributed by atoms with van der Waals surface area (Å²) in [5, 5.41) is 0.633. The molecule has 0 aromatic heterocycles. The molecule has 0 fully saturated rings. The second kappa shape index (κ2) is 4.12. The van der Waals surface area contributed by atoms with E-state index in [9.17, 15) is 0 Å². The summed E-state index contributed by atoms with van der Waals surface area (Å²) in [6.07, 6.45) is 0.741. The highest BCUT2D eigenvalue weighted by Crippen LogP contribution is 2.23. The number of hydrogen-bond donors (Lipinski definition) is 1. The summed E-state index contributed by atoms with van der Waals surface area (Å²) in [5.41, 5.74) is 6.30. The van der Waals surface area contributed by atoms with Crippen LogP contribution in [-0.4, -0.2) is 5.84 Å². The van der Waals surface area contributed by atoms with E-state index in [1.807, 2.05) is 25.1 Å². The highest BCUT2D eigenvalue weighted by molar-refractivity contribution is 6.33. The van der Waals surface area contributed by atoms with Gasteiger partial charge in [-0.25, -0.2) is 4.99 Å². The van der Waals surface area contributed by atoms with Gasteiger partial charge in [0.1, 0.15) is 0 Å². The molecule has 0 saturated heterocycles. The minimum atomic E-state index is 0.600. The Bertz CT molecular complexity index is 294. The van der Waals surface area contributed by atoms with E-state index in [0.717, 1.165) is 12.1 Å². The average molecular weight is 183 g/mol. The van der Waals surface area contributed by atoms with E-state index in [4.69, 9.17) is 17.3 Å². The van der Waals surface area contributed by atoms with Crippen LogP contribution in [0.1, 0.15) is 13.3 Å². The van der Waals surface area contributed by atoms with Gasteiger partial charge >= 0.3 is 0 Å². The van der Waals surface area contributed by atoms with Crippen LogP contribution in [0.15, 0.2) is 29.3 Å². The number of para-hydroxylation sites is 1. The van der Waals surface area contributed by atoms with E-state index in [2.05, 4.69) is 4.99 Å². The maximum Gasteiger partial charge on any atom is 0.0994 e. The van der Waals surface area contributed by atoms with Crippen LogP contribution >= 0.6 is 11.6 Å². The molecule has 0 atom stereocenters. The second-order valence-electron chi connectivity index (χ2n) is 2.41. The third kappa shape index (κ3) is 2.24. The molecule has 1 aromatic carbocycles. The SMILES string of the molecule is CCC(N)=Nc1ccccc1Cl. The highest BCUT2D eigenvalue weighted by atomic mass is 35.5. The lowest BCUT2D eigenvalue weighted by Crippen LogP contribution is -2.08. The largest absolute Gasteiger partial charge is 0.387 e. The van der Waals surface area contributed by atoms with Gasteiger partial charge in [-0.2, -0.15) is 0 Å². The number of hydrogen-bond acceptors (Lipinski definition) is 1. The predicted molar refractivity (Wildman–Crippen MR) is 53.0 cm³/mol. The van der Waals surface area contributed by atoms with Crippen LogP contribution in [0.3, 0.4) is 0 Å². The Kier molecular flexibility index (Phi) is 3.11. The molecule has 0 aliphatic rings. The Labute approximate surface area is 77.1 Å². The lowest BCUT2D eigenvalue weighted by atomic mass is 10.3. The van der Waals surface area contributed by atoms with Crippen molar-refractivity contribution < 1.29 is 0 Å². The van der Waals surface area contributed by atoms with Crippen LogP contribution in [0.4, 0.5) is 5.69 Å². The highest BCUT2D eigenvalue weighted by Gasteiger charge is 1.95. The van der Waals surface area contributed by atoms with Gasteiger partial charge in [-0.1, -0.05) is 30.7 Å².